The Morgan fingerprint density at radius 1 is 1.10 bits per heavy atom. The van der Waals surface area contributed by atoms with Gasteiger partial charge in [0.15, 0.2) is 5.17 Å². The van der Waals surface area contributed by atoms with Gasteiger partial charge in [0.1, 0.15) is 5.75 Å². The molecule has 0 unspecified atom stereocenters. The minimum atomic E-state index is 0.0630. The predicted octanol–water partition coefficient (Wildman–Crippen LogP) is 6.72. The van der Waals surface area contributed by atoms with E-state index in [9.17, 15) is 4.79 Å². The number of hydrogen-bond donors (Lipinski definition) is 0. The molecular formula is C26H30N2O2S. The number of nitrogens with zero attached hydrogens (tertiary/aromatic N) is 2. The van der Waals surface area contributed by atoms with E-state index in [0.717, 1.165) is 41.4 Å². The average molecular weight is 435 g/mol. The third-order valence-electron chi connectivity index (χ3n) is 5.70. The molecule has 1 saturated carbocycles. The number of benzene rings is 2. The highest BCUT2D eigenvalue weighted by Gasteiger charge is 2.38. The van der Waals surface area contributed by atoms with Gasteiger partial charge >= 0.3 is 0 Å². The second kappa shape index (κ2) is 10.2. The molecule has 1 saturated heterocycles. The van der Waals surface area contributed by atoms with E-state index in [1.807, 2.05) is 47.4 Å². The number of rotatable bonds is 6. The molecule has 2 fully saturated rings. The number of carbonyl (C=O) groups is 1. The SMILES string of the molecule is CCCOc1ccccc1/C=C1/SC(=Nc2ccc(C)cc2)N(C2CCCCC2)C1=O. The number of hydrogen-bond acceptors (Lipinski definition) is 4. The van der Waals surface area contributed by atoms with Crippen molar-refractivity contribution in [2.75, 3.05) is 6.61 Å². The predicted molar refractivity (Wildman–Crippen MR) is 130 cm³/mol. The molecule has 1 aliphatic heterocycles. The summed E-state index contributed by atoms with van der Waals surface area (Å²) in [4.78, 5) is 21.0. The van der Waals surface area contributed by atoms with Crippen molar-refractivity contribution in [3.8, 4) is 5.75 Å². The Kier molecular flexibility index (Phi) is 7.13. The Morgan fingerprint density at radius 2 is 1.84 bits per heavy atom. The van der Waals surface area contributed by atoms with Crippen LogP contribution in [-0.4, -0.2) is 28.6 Å². The fourth-order valence-corrected chi connectivity index (χ4v) is 5.09. The molecule has 1 aliphatic carbocycles. The van der Waals surface area contributed by atoms with E-state index in [1.54, 1.807) is 0 Å². The molecule has 2 aromatic carbocycles. The molecule has 2 aromatic rings. The van der Waals surface area contributed by atoms with Crippen LogP contribution in [0.25, 0.3) is 6.08 Å². The highest BCUT2D eigenvalue weighted by molar-refractivity contribution is 8.18. The molecule has 31 heavy (non-hydrogen) atoms. The van der Waals surface area contributed by atoms with Crippen molar-refractivity contribution >= 4 is 34.6 Å². The zero-order valence-corrected chi connectivity index (χ0v) is 19.2. The van der Waals surface area contributed by atoms with Gasteiger partial charge in [-0.15, -0.1) is 0 Å². The lowest BCUT2D eigenvalue weighted by atomic mass is 9.94. The second-order valence-electron chi connectivity index (χ2n) is 8.19. The van der Waals surface area contributed by atoms with Gasteiger partial charge in [0.2, 0.25) is 0 Å². The van der Waals surface area contributed by atoms with E-state index in [2.05, 4.69) is 26.0 Å². The molecule has 1 amide bonds. The lowest BCUT2D eigenvalue weighted by Crippen LogP contribution is -2.40. The topological polar surface area (TPSA) is 41.9 Å². The Labute approximate surface area is 189 Å². The Hall–Kier alpha value is -2.53. The minimum Gasteiger partial charge on any atom is -0.493 e. The van der Waals surface area contributed by atoms with Crippen molar-refractivity contribution in [2.45, 2.75) is 58.4 Å². The Bertz CT molecular complexity index is 975. The lowest BCUT2D eigenvalue weighted by molar-refractivity contribution is -0.124. The van der Waals surface area contributed by atoms with Gasteiger partial charge in [0.05, 0.1) is 17.2 Å². The first-order valence-corrected chi connectivity index (χ1v) is 12.1. The fourth-order valence-electron chi connectivity index (χ4n) is 4.04. The number of thioether (sulfide) groups is 1. The molecule has 0 atom stereocenters. The maximum absolute atomic E-state index is 13.5. The molecule has 0 N–H and O–H groups in total. The lowest BCUT2D eigenvalue weighted by Gasteiger charge is -2.30. The summed E-state index contributed by atoms with van der Waals surface area (Å²) >= 11 is 1.48. The summed E-state index contributed by atoms with van der Waals surface area (Å²) in [5.74, 6) is 0.881. The summed E-state index contributed by atoms with van der Waals surface area (Å²) in [6.45, 7) is 4.82. The number of carbonyl (C=O) groups excluding carboxylic acids is 1. The zero-order chi connectivity index (χ0) is 21.6. The number of amides is 1. The van der Waals surface area contributed by atoms with Crippen LogP contribution in [0.3, 0.4) is 0 Å². The second-order valence-corrected chi connectivity index (χ2v) is 9.20. The van der Waals surface area contributed by atoms with Gasteiger partial charge in [-0.3, -0.25) is 9.69 Å². The first-order valence-electron chi connectivity index (χ1n) is 11.3. The van der Waals surface area contributed by atoms with Crippen LogP contribution in [0, 0.1) is 6.92 Å². The molecular weight excluding hydrogens is 404 g/mol. The quantitative estimate of drug-likeness (QED) is 0.474. The normalized spacial score (nSPS) is 20.1. The van der Waals surface area contributed by atoms with Crippen molar-refractivity contribution in [3.63, 3.8) is 0 Å². The summed E-state index contributed by atoms with van der Waals surface area (Å²) in [5.41, 5.74) is 3.02. The molecule has 4 nitrogen and oxygen atoms in total. The fraction of sp³-hybridized carbons (Fsp3) is 0.385. The largest absolute Gasteiger partial charge is 0.493 e. The maximum Gasteiger partial charge on any atom is 0.267 e. The Balaban J connectivity index is 1.68. The molecule has 4 rings (SSSR count). The van der Waals surface area contributed by atoms with E-state index < -0.39 is 0 Å². The van der Waals surface area contributed by atoms with Crippen LogP contribution in [0.4, 0.5) is 5.69 Å². The van der Waals surface area contributed by atoms with Crippen LogP contribution in [0.15, 0.2) is 58.4 Å². The van der Waals surface area contributed by atoms with E-state index in [1.165, 1.54) is 36.6 Å². The van der Waals surface area contributed by atoms with Gasteiger partial charge in [-0.2, -0.15) is 0 Å². The number of aryl methyl sites for hydroxylation is 1. The summed E-state index contributed by atoms with van der Waals surface area (Å²) < 4.78 is 5.90. The van der Waals surface area contributed by atoms with Crippen LogP contribution in [-0.2, 0) is 4.79 Å². The molecule has 0 radical (unpaired) electrons. The zero-order valence-electron chi connectivity index (χ0n) is 18.3. The molecule has 5 heteroatoms. The van der Waals surface area contributed by atoms with Crippen LogP contribution in [0.2, 0.25) is 0 Å². The van der Waals surface area contributed by atoms with Gasteiger partial charge in [0, 0.05) is 11.6 Å². The number of aliphatic imine (C=N–C) groups is 1. The van der Waals surface area contributed by atoms with Crippen molar-refractivity contribution in [1.82, 2.24) is 4.90 Å². The van der Waals surface area contributed by atoms with Gasteiger partial charge in [-0.05, 0) is 62.2 Å². The van der Waals surface area contributed by atoms with Crippen molar-refractivity contribution in [2.24, 2.45) is 4.99 Å². The van der Waals surface area contributed by atoms with Crippen LogP contribution in [0.5, 0.6) is 5.75 Å². The van der Waals surface area contributed by atoms with E-state index >= 15 is 0 Å². The summed E-state index contributed by atoms with van der Waals surface area (Å²) in [7, 11) is 0. The molecule has 1 heterocycles. The molecule has 0 bridgehead atoms. The molecule has 0 spiro atoms. The van der Waals surface area contributed by atoms with E-state index in [-0.39, 0.29) is 11.9 Å². The minimum absolute atomic E-state index is 0.0630. The van der Waals surface area contributed by atoms with Crippen molar-refractivity contribution < 1.29 is 9.53 Å². The standard InChI is InChI=1S/C26H30N2O2S/c1-3-17-30-23-12-8-7-9-20(23)18-24-25(29)28(22-10-5-4-6-11-22)26(31-24)27-21-15-13-19(2)14-16-21/h7-9,12-16,18,22H,3-6,10-11,17H2,1-2H3/b24-18+,27-26?. The molecule has 2 aliphatic rings. The van der Waals surface area contributed by atoms with Crippen LogP contribution >= 0.6 is 11.8 Å². The highest BCUT2D eigenvalue weighted by Crippen LogP contribution is 2.39. The number of ether oxygens (including phenoxy) is 1. The third-order valence-corrected chi connectivity index (χ3v) is 6.69. The first-order chi connectivity index (χ1) is 15.2. The summed E-state index contributed by atoms with van der Waals surface area (Å²) in [6.07, 6.45) is 8.59. The van der Waals surface area contributed by atoms with E-state index in [4.69, 9.17) is 9.73 Å². The van der Waals surface area contributed by atoms with Crippen molar-refractivity contribution in [3.05, 3.63) is 64.6 Å². The van der Waals surface area contributed by atoms with Crippen LogP contribution in [0.1, 0.15) is 56.6 Å². The number of para-hydroxylation sites is 1. The van der Waals surface area contributed by atoms with Gasteiger partial charge < -0.3 is 4.74 Å². The Morgan fingerprint density at radius 3 is 2.58 bits per heavy atom. The molecule has 0 aromatic heterocycles. The summed E-state index contributed by atoms with van der Waals surface area (Å²) in [6, 6.07) is 16.3. The van der Waals surface area contributed by atoms with Gasteiger partial charge in [0.25, 0.3) is 5.91 Å². The smallest absolute Gasteiger partial charge is 0.267 e. The summed E-state index contributed by atoms with van der Waals surface area (Å²) in [5, 5.41) is 0.791. The van der Waals surface area contributed by atoms with Gasteiger partial charge in [-0.1, -0.05) is 62.1 Å². The average Bonchev–Trinajstić information content (AvgIpc) is 3.10. The van der Waals surface area contributed by atoms with Gasteiger partial charge in [-0.25, -0.2) is 4.99 Å². The third kappa shape index (κ3) is 5.21. The highest BCUT2D eigenvalue weighted by atomic mass is 32.2. The van der Waals surface area contributed by atoms with Crippen molar-refractivity contribution in [1.29, 1.82) is 0 Å². The van der Waals surface area contributed by atoms with Crippen LogP contribution < -0.4 is 4.74 Å². The molecule has 162 valence electrons. The monoisotopic (exact) mass is 434 g/mol. The maximum atomic E-state index is 13.5. The first kappa shape index (κ1) is 21.7. The van der Waals surface area contributed by atoms with E-state index in [0.29, 0.717) is 11.5 Å². The number of amidine groups is 1.